The highest BCUT2D eigenvalue weighted by atomic mass is 35.5. The van der Waals surface area contributed by atoms with Gasteiger partial charge in [-0.1, -0.05) is 53.5 Å². The predicted octanol–water partition coefficient (Wildman–Crippen LogP) is 4.31. The molecule has 0 radical (unpaired) electrons. The van der Waals surface area contributed by atoms with Gasteiger partial charge in [-0.05, 0) is 47.6 Å². The fourth-order valence-electron chi connectivity index (χ4n) is 2.94. The summed E-state index contributed by atoms with van der Waals surface area (Å²) in [5.41, 5.74) is 3.68. The van der Waals surface area contributed by atoms with Crippen LogP contribution >= 0.6 is 23.2 Å². The highest BCUT2D eigenvalue weighted by Gasteiger charge is 2.27. The van der Waals surface area contributed by atoms with Crippen molar-refractivity contribution < 1.29 is 5.11 Å². The van der Waals surface area contributed by atoms with Crippen LogP contribution in [0.2, 0.25) is 10.0 Å². The molecule has 1 atom stereocenters. The Bertz CT molecular complexity index is 599. The van der Waals surface area contributed by atoms with Crippen LogP contribution in [0.25, 0.3) is 0 Å². The lowest BCUT2D eigenvalue weighted by atomic mass is 9.93. The second-order valence-corrected chi connectivity index (χ2v) is 6.29. The van der Waals surface area contributed by atoms with E-state index in [1.54, 1.807) is 6.07 Å². The SMILES string of the molecule is OC(Cc1ccc(Cl)cc1Cl)C1Cc2ccccc2C1. The lowest BCUT2D eigenvalue weighted by Gasteiger charge is -2.18. The van der Waals surface area contributed by atoms with E-state index in [1.807, 2.05) is 12.1 Å². The van der Waals surface area contributed by atoms with E-state index in [0.29, 0.717) is 16.5 Å². The van der Waals surface area contributed by atoms with Gasteiger partial charge in [0.25, 0.3) is 0 Å². The van der Waals surface area contributed by atoms with E-state index in [9.17, 15) is 5.11 Å². The van der Waals surface area contributed by atoms with E-state index in [4.69, 9.17) is 23.2 Å². The maximum absolute atomic E-state index is 10.5. The fourth-order valence-corrected chi connectivity index (χ4v) is 3.43. The van der Waals surface area contributed by atoms with Gasteiger partial charge in [-0.3, -0.25) is 0 Å². The fraction of sp³-hybridized carbons (Fsp3) is 0.294. The Morgan fingerprint density at radius 2 is 1.70 bits per heavy atom. The number of rotatable bonds is 3. The molecule has 1 nitrogen and oxygen atoms in total. The van der Waals surface area contributed by atoms with Gasteiger partial charge in [-0.15, -0.1) is 0 Å². The van der Waals surface area contributed by atoms with Crippen LogP contribution in [0.15, 0.2) is 42.5 Å². The van der Waals surface area contributed by atoms with Gasteiger partial charge in [-0.2, -0.15) is 0 Å². The minimum atomic E-state index is -0.374. The minimum Gasteiger partial charge on any atom is -0.392 e. The second-order valence-electron chi connectivity index (χ2n) is 5.44. The summed E-state index contributed by atoms with van der Waals surface area (Å²) in [5, 5.41) is 11.7. The van der Waals surface area contributed by atoms with Crippen LogP contribution in [0, 0.1) is 5.92 Å². The Hall–Kier alpha value is -1.02. The average Bonchev–Trinajstić information content (AvgIpc) is 2.86. The van der Waals surface area contributed by atoms with Crippen LogP contribution in [-0.2, 0) is 19.3 Å². The molecular formula is C17H16Cl2O. The Kier molecular flexibility index (Phi) is 4.02. The Morgan fingerprint density at radius 1 is 1.05 bits per heavy atom. The molecule has 0 aromatic heterocycles. The second kappa shape index (κ2) is 5.77. The standard InChI is InChI=1S/C17H16Cl2O/c18-15-6-5-13(16(19)10-15)9-17(20)14-7-11-3-1-2-4-12(11)8-14/h1-6,10,14,17,20H,7-9H2. The molecule has 1 aliphatic rings. The van der Waals surface area contributed by atoms with E-state index in [1.165, 1.54) is 11.1 Å². The first-order chi connectivity index (χ1) is 9.63. The molecule has 0 saturated carbocycles. The first-order valence-electron chi connectivity index (χ1n) is 6.82. The highest BCUT2D eigenvalue weighted by Crippen LogP contribution is 2.31. The van der Waals surface area contributed by atoms with Gasteiger partial charge in [0.2, 0.25) is 0 Å². The van der Waals surface area contributed by atoms with Gasteiger partial charge in [0, 0.05) is 16.5 Å². The third-order valence-corrected chi connectivity index (χ3v) is 4.66. The average molecular weight is 307 g/mol. The van der Waals surface area contributed by atoms with Crippen molar-refractivity contribution >= 4 is 23.2 Å². The monoisotopic (exact) mass is 306 g/mol. The normalized spacial score (nSPS) is 16.1. The molecule has 20 heavy (non-hydrogen) atoms. The zero-order valence-electron chi connectivity index (χ0n) is 11.0. The summed E-state index contributed by atoms with van der Waals surface area (Å²) in [6, 6.07) is 13.9. The molecule has 104 valence electrons. The molecule has 0 heterocycles. The molecule has 2 aromatic rings. The van der Waals surface area contributed by atoms with E-state index in [2.05, 4.69) is 24.3 Å². The molecule has 3 rings (SSSR count). The van der Waals surface area contributed by atoms with Crippen LogP contribution in [0.5, 0.6) is 0 Å². The molecule has 1 unspecified atom stereocenters. The summed E-state index contributed by atoms with van der Waals surface area (Å²) >= 11 is 12.1. The van der Waals surface area contributed by atoms with Crippen LogP contribution < -0.4 is 0 Å². The number of aliphatic hydroxyl groups excluding tert-OH is 1. The van der Waals surface area contributed by atoms with Crippen LogP contribution in [0.1, 0.15) is 16.7 Å². The van der Waals surface area contributed by atoms with Crippen molar-refractivity contribution in [2.24, 2.45) is 5.92 Å². The van der Waals surface area contributed by atoms with E-state index < -0.39 is 0 Å². The molecule has 0 aliphatic heterocycles. The summed E-state index contributed by atoms with van der Waals surface area (Å²) in [6.07, 6.45) is 2.10. The quantitative estimate of drug-likeness (QED) is 0.896. The largest absolute Gasteiger partial charge is 0.392 e. The van der Waals surface area contributed by atoms with E-state index in [0.717, 1.165) is 18.4 Å². The topological polar surface area (TPSA) is 20.2 Å². The summed E-state index contributed by atoms with van der Waals surface area (Å²) in [6.45, 7) is 0. The predicted molar refractivity (Wildman–Crippen MR) is 83.5 cm³/mol. The number of benzene rings is 2. The first-order valence-corrected chi connectivity index (χ1v) is 7.58. The van der Waals surface area contributed by atoms with Crippen LogP contribution in [0.3, 0.4) is 0 Å². The van der Waals surface area contributed by atoms with Crippen molar-refractivity contribution in [3.8, 4) is 0 Å². The highest BCUT2D eigenvalue weighted by molar-refractivity contribution is 6.35. The molecule has 0 spiro atoms. The minimum absolute atomic E-state index is 0.277. The van der Waals surface area contributed by atoms with Crippen molar-refractivity contribution in [2.75, 3.05) is 0 Å². The summed E-state index contributed by atoms with van der Waals surface area (Å²) in [5.74, 6) is 0.277. The number of aliphatic hydroxyl groups is 1. The zero-order chi connectivity index (χ0) is 14.1. The molecule has 0 saturated heterocycles. The number of hydrogen-bond donors (Lipinski definition) is 1. The van der Waals surface area contributed by atoms with Crippen molar-refractivity contribution in [1.29, 1.82) is 0 Å². The number of fused-ring (bicyclic) bond motifs is 1. The Morgan fingerprint density at radius 3 is 2.30 bits per heavy atom. The summed E-state index contributed by atoms with van der Waals surface area (Å²) < 4.78 is 0. The van der Waals surface area contributed by atoms with Crippen LogP contribution in [0.4, 0.5) is 0 Å². The van der Waals surface area contributed by atoms with Gasteiger partial charge >= 0.3 is 0 Å². The van der Waals surface area contributed by atoms with Crippen molar-refractivity contribution in [3.63, 3.8) is 0 Å². The van der Waals surface area contributed by atoms with Gasteiger partial charge in [0.1, 0.15) is 0 Å². The van der Waals surface area contributed by atoms with Gasteiger partial charge in [0.15, 0.2) is 0 Å². The molecule has 0 amide bonds. The Labute approximate surface area is 129 Å². The lowest BCUT2D eigenvalue weighted by Crippen LogP contribution is -2.23. The first kappa shape index (κ1) is 13.9. The lowest BCUT2D eigenvalue weighted by molar-refractivity contribution is 0.113. The third kappa shape index (κ3) is 2.85. The van der Waals surface area contributed by atoms with Crippen molar-refractivity contribution in [2.45, 2.75) is 25.4 Å². The van der Waals surface area contributed by atoms with E-state index in [-0.39, 0.29) is 12.0 Å². The van der Waals surface area contributed by atoms with Gasteiger partial charge < -0.3 is 5.11 Å². The Balaban J connectivity index is 1.70. The molecular weight excluding hydrogens is 291 g/mol. The van der Waals surface area contributed by atoms with Gasteiger partial charge in [-0.25, -0.2) is 0 Å². The zero-order valence-corrected chi connectivity index (χ0v) is 12.5. The third-order valence-electron chi connectivity index (χ3n) is 4.07. The molecule has 1 aliphatic carbocycles. The van der Waals surface area contributed by atoms with Crippen molar-refractivity contribution in [3.05, 3.63) is 69.2 Å². The molecule has 0 bridgehead atoms. The molecule has 3 heteroatoms. The van der Waals surface area contributed by atoms with E-state index >= 15 is 0 Å². The smallest absolute Gasteiger partial charge is 0.0615 e. The maximum Gasteiger partial charge on any atom is 0.0615 e. The number of hydrogen-bond acceptors (Lipinski definition) is 1. The molecule has 0 fully saturated rings. The maximum atomic E-state index is 10.5. The molecule has 2 aromatic carbocycles. The van der Waals surface area contributed by atoms with Crippen molar-refractivity contribution in [1.82, 2.24) is 0 Å². The number of halogens is 2. The molecule has 1 N–H and O–H groups in total. The van der Waals surface area contributed by atoms with Gasteiger partial charge in [0.05, 0.1) is 6.10 Å². The van der Waals surface area contributed by atoms with Crippen LogP contribution in [-0.4, -0.2) is 11.2 Å². The summed E-state index contributed by atoms with van der Waals surface area (Å²) in [7, 11) is 0. The summed E-state index contributed by atoms with van der Waals surface area (Å²) in [4.78, 5) is 0.